The van der Waals surface area contributed by atoms with Crippen molar-refractivity contribution in [1.82, 2.24) is 0 Å². The van der Waals surface area contributed by atoms with Gasteiger partial charge in [0.15, 0.2) is 6.10 Å². The number of hydrogen-bond acceptors (Lipinski definition) is 7. The standard InChI is InChI=1S/C52H91NO7/c1-6-8-10-12-14-16-18-20-22-23-24-25-26-27-28-29-31-33-35-37-39-41-43-51(55)60-48(46-58-45-44-49(52(56)57)53(3,4)5)47-59-50(54)42-40-38-36-34-32-30-21-19-17-15-13-11-9-7-2/h8,10,14,16,20,22,24-25,30,32,48-49H,6-7,9,11-13,15,17-19,21,23,26-29,31,33-47H2,1-5H3/b10-8+,16-14+,22-20+,25-24+,32-30+. The Balaban J connectivity index is 4.29. The molecule has 0 aliphatic heterocycles. The highest BCUT2D eigenvalue weighted by molar-refractivity contribution is 5.70. The van der Waals surface area contributed by atoms with Crippen molar-refractivity contribution >= 4 is 17.9 Å². The quantitative estimate of drug-likeness (QED) is 0.0261. The molecule has 0 rings (SSSR count). The van der Waals surface area contributed by atoms with Crippen LogP contribution in [0, 0.1) is 0 Å². The second-order valence-corrected chi connectivity index (χ2v) is 17.3. The third-order valence-electron chi connectivity index (χ3n) is 10.6. The normalized spacial score (nSPS) is 13.4. The number of nitrogens with zero attached hydrogens (tertiary/aromatic N) is 1. The van der Waals surface area contributed by atoms with E-state index in [2.05, 4.69) is 74.6 Å². The first-order valence-electron chi connectivity index (χ1n) is 24.3. The molecule has 2 unspecified atom stereocenters. The van der Waals surface area contributed by atoms with Crippen LogP contribution < -0.4 is 5.11 Å². The number of quaternary nitrogens is 1. The minimum Gasteiger partial charge on any atom is -0.544 e. The molecule has 0 amide bonds. The van der Waals surface area contributed by atoms with Crippen molar-refractivity contribution < 1.29 is 38.2 Å². The average molecular weight is 842 g/mol. The molecule has 346 valence electrons. The van der Waals surface area contributed by atoms with Gasteiger partial charge in [0.25, 0.3) is 0 Å². The predicted octanol–water partition coefficient (Wildman–Crippen LogP) is 12.4. The number of aliphatic carboxylic acids is 1. The van der Waals surface area contributed by atoms with E-state index in [1.54, 1.807) is 21.1 Å². The summed E-state index contributed by atoms with van der Waals surface area (Å²) in [6, 6.07) is -0.731. The zero-order valence-electron chi connectivity index (χ0n) is 39.4. The van der Waals surface area contributed by atoms with Crippen molar-refractivity contribution in [3.05, 3.63) is 60.8 Å². The number of esters is 2. The molecule has 0 heterocycles. The van der Waals surface area contributed by atoms with Gasteiger partial charge in [-0.05, 0) is 77.0 Å². The fourth-order valence-electron chi connectivity index (χ4n) is 6.88. The van der Waals surface area contributed by atoms with E-state index in [1.807, 2.05) is 0 Å². The van der Waals surface area contributed by atoms with Gasteiger partial charge in [-0.15, -0.1) is 0 Å². The van der Waals surface area contributed by atoms with E-state index in [4.69, 9.17) is 14.2 Å². The molecule has 0 spiro atoms. The molecular formula is C52H91NO7. The molecule has 0 aromatic heterocycles. The number of carboxylic acid groups (broad SMARTS) is 1. The number of hydrogen-bond donors (Lipinski definition) is 0. The summed E-state index contributed by atoms with van der Waals surface area (Å²) >= 11 is 0. The third-order valence-corrected chi connectivity index (χ3v) is 10.6. The van der Waals surface area contributed by atoms with Crippen molar-refractivity contribution in [1.29, 1.82) is 0 Å². The second-order valence-electron chi connectivity index (χ2n) is 17.3. The first-order chi connectivity index (χ1) is 29.1. The summed E-state index contributed by atoms with van der Waals surface area (Å²) in [6.07, 6.45) is 52.5. The van der Waals surface area contributed by atoms with Gasteiger partial charge in [0.05, 0.1) is 40.3 Å². The van der Waals surface area contributed by atoms with Crippen LogP contribution in [0.4, 0.5) is 0 Å². The van der Waals surface area contributed by atoms with Gasteiger partial charge in [-0.3, -0.25) is 9.59 Å². The average Bonchev–Trinajstić information content (AvgIpc) is 3.21. The Kier molecular flexibility index (Phi) is 40.6. The fourth-order valence-corrected chi connectivity index (χ4v) is 6.88. The number of likely N-dealkylation sites (N-methyl/N-ethyl adjacent to an activating group) is 1. The van der Waals surface area contributed by atoms with E-state index >= 15 is 0 Å². The predicted molar refractivity (Wildman–Crippen MR) is 249 cm³/mol. The molecule has 0 fully saturated rings. The van der Waals surface area contributed by atoms with Gasteiger partial charge in [-0.1, -0.05) is 164 Å². The van der Waals surface area contributed by atoms with Crippen LogP contribution in [0.15, 0.2) is 60.8 Å². The van der Waals surface area contributed by atoms with Crippen LogP contribution in [-0.2, 0) is 28.6 Å². The summed E-state index contributed by atoms with van der Waals surface area (Å²) in [6.45, 7) is 4.53. The number of unbranched alkanes of at least 4 members (excludes halogenated alkanes) is 19. The smallest absolute Gasteiger partial charge is 0.306 e. The molecule has 2 atom stereocenters. The van der Waals surface area contributed by atoms with Gasteiger partial charge in [-0.25, -0.2) is 0 Å². The topological polar surface area (TPSA) is 102 Å². The lowest BCUT2D eigenvalue weighted by molar-refractivity contribution is -0.889. The number of ether oxygens (including phenoxy) is 3. The zero-order chi connectivity index (χ0) is 44.2. The van der Waals surface area contributed by atoms with Crippen molar-refractivity contribution in [3.8, 4) is 0 Å². The molecule has 0 bridgehead atoms. The van der Waals surface area contributed by atoms with Gasteiger partial charge >= 0.3 is 11.9 Å². The summed E-state index contributed by atoms with van der Waals surface area (Å²) in [7, 11) is 5.40. The van der Waals surface area contributed by atoms with E-state index in [-0.39, 0.29) is 42.7 Å². The van der Waals surface area contributed by atoms with Crippen LogP contribution in [0.3, 0.4) is 0 Å². The largest absolute Gasteiger partial charge is 0.544 e. The van der Waals surface area contributed by atoms with Crippen LogP contribution in [0.2, 0.25) is 0 Å². The van der Waals surface area contributed by atoms with Crippen LogP contribution in [0.1, 0.15) is 200 Å². The molecule has 8 nitrogen and oxygen atoms in total. The first-order valence-corrected chi connectivity index (χ1v) is 24.3. The minimum absolute atomic E-state index is 0.0323. The maximum Gasteiger partial charge on any atom is 0.306 e. The summed E-state index contributed by atoms with van der Waals surface area (Å²) in [5, 5.41) is 11.6. The molecule has 8 heteroatoms. The summed E-state index contributed by atoms with van der Waals surface area (Å²) in [4.78, 5) is 36.9. The van der Waals surface area contributed by atoms with Gasteiger partial charge in [0.2, 0.25) is 0 Å². The summed E-state index contributed by atoms with van der Waals surface area (Å²) < 4.78 is 17.2. The molecule has 60 heavy (non-hydrogen) atoms. The number of allylic oxidation sites excluding steroid dienone is 10. The minimum atomic E-state index is -1.13. The fraction of sp³-hybridized carbons (Fsp3) is 0.750. The lowest BCUT2D eigenvalue weighted by Crippen LogP contribution is -2.55. The summed E-state index contributed by atoms with van der Waals surface area (Å²) in [5.41, 5.74) is 0. The Morgan fingerprint density at radius 2 is 0.933 bits per heavy atom. The van der Waals surface area contributed by atoms with Gasteiger partial charge in [-0.2, -0.15) is 0 Å². The number of carbonyl (C=O) groups is 3. The molecular weight excluding hydrogens is 751 g/mol. The monoisotopic (exact) mass is 842 g/mol. The highest BCUT2D eigenvalue weighted by Crippen LogP contribution is 2.14. The van der Waals surface area contributed by atoms with E-state index < -0.39 is 18.1 Å². The third kappa shape index (κ3) is 40.4. The zero-order valence-corrected chi connectivity index (χ0v) is 39.4. The summed E-state index contributed by atoms with van der Waals surface area (Å²) in [5.74, 6) is -1.76. The van der Waals surface area contributed by atoms with E-state index in [9.17, 15) is 19.5 Å². The number of carbonyl (C=O) groups excluding carboxylic acids is 3. The molecule has 0 radical (unpaired) electrons. The molecule has 0 saturated carbocycles. The lowest BCUT2D eigenvalue weighted by atomic mass is 10.1. The highest BCUT2D eigenvalue weighted by atomic mass is 16.6. The van der Waals surface area contributed by atoms with Crippen LogP contribution in [0.5, 0.6) is 0 Å². The highest BCUT2D eigenvalue weighted by Gasteiger charge is 2.25. The Morgan fingerprint density at radius 3 is 1.42 bits per heavy atom. The molecule has 0 saturated heterocycles. The van der Waals surface area contributed by atoms with Crippen molar-refractivity contribution in [2.24, 2.45) is 0 Å². The van der Waals surface area contributed by atoms with Gasteiger partial charge < -0.3 is 28.6 Å². The molecule has 0 aromatic carbocycles. The van der Waals surface area contributed by atoms with Crippen molar-refractivity contribution in [3.63, 3.8) is 0 Å². The van der Waals surface area contributed by atoms with E-state index in [1.165, 1.54) is 83.5 Å². The maximum atomic E-state index is 12.8. The second kappa shape index (κ2) is 42.7. The molecule has 0 aromatic rings. The molecule has 0 N–H and O–H groups in total. The molecule has 0 aliphatic carbocycles. The van der Waals surface area contributed by atoms with Crippen LogP contribution >= 0.6 is 0 Å². The number of carboxylic acids is 1. The Morgan fingerprint density at radius 1 is 0.517 bits per heavy atom. The van der Waals surface area contributed by atoms with Crippen LogP contribution in [-0.4, -0.2) is 75.5 Å². The van der Waals surface area contributed by atoms with Crippen molar-refractivity contribution in [2.75, 3.05) is 41.0 Å². The van der Waals surface area contributed by atoms with Crippen molar-refractivity contribution in [2.45, 2.75) is 212 Å². The van der Waals surface area contributed by atoms with Gasteiger partial charge in [0.1, 0.15) is 12.6 Å². The Hall–Kier alpha value is -2.97. The maximum absolute atomic E-state index is 12.8. The van der Waals surface area contributed by atoms with E-state index in [0.29, 0.717) is 12.8 Å². The first kappa shape index (κ1) is 57.0. The molecule has 0 aliphatic rings. The Labute approximate surface area is 368 Å². The van der Waals surface area contributed by atoms with Gasteiger partial charge in [0, 0.05) is 19.3 Å². The Bertz CT molecular complexity index is 1170. The van der Waals surface area contributed by atoms with E-state index in [0.717, 1.165) is 83.5 Å². The SMILES string of the molecule is CC/C=C/C/C=C/C/C=C/C/C=C/CCCCCCCCCCCC(=O)OC(COCCC(C(=O)[O-])[N+](C)(C)C)COC(=O)CCCCC/C=C/CCCCCCCCC. The lowest BCUT2D eigenvalue weighted by Gasteiger charge is -2.34. The number of rotatable bonds is 43. The van der Waals surface area contributed by atoms with Crippen LogP contribution in [0.25, 0.3) is 0 Å².